The van der Waals surface area contributed by atoms with Crippen LogP contribution in [0, 0.1) is 11.8 Å². The third kappa shape index (κ3) is 2.73. The van der Waals surface area contributed by atoms with Crippen molar-refractivity contribution in [2.45, 2.75) is 52.5 Å². The molecule has 0 aromatic carbocycles. The first-order valence-electron chi connectivity index (χ1n) is 6.28. The Kier molecular flexibility index (Phi) is 3.79. The lowest BCUT2D eigenvalue weighted by atomic mass is 9.80. The van der Waals surface area contributed by atoms with Gasteiger partial charge in [-0.1, -0.05) is 32.1 Å². The number of rotatable bonds is 3. The summed E-state index contributed by atoms with van der Waals surface area (Å²) in [6.45, 7) is 6.82. The molecule has 0 saturated heterocycles. The van der Waals surface area contributed by atoms with Crippen molar-refractivity contribution in [3.05, 3.63) is 5.01 Å². The highest BCUT2D eigenvalue weighted by molar-refractivity contribution is 7.15. The SMILES string of the molecule is CCc1nnc(NC2CCC(C)CC2C)s1. The van der Waals surface area contributed by atoms with Crippen LogP contribution in [0.25, 0.3) is 0 Å². The zero-order chi connectivity index (χ0) is 11.5. The normalized spacial score (nSPS) is 30.3. The van der Waals surface area contributed by atoms with E-state index < -0.39 is 0 Å². The third-order valence-electron chi connectivity index (χ3n) is 3.51. The number of aromatic nitrogens is 2. The average Bonchev–Trinajstić information content (AvgIpc) is 2.70. The van der Waals surface area contributed by atoms with Crippen molar-refractivity contribution < 1.29 is 0 Å². The lowest BCUT2D eigenvalue weighted by molar-refractivity contribution is 0.276. The molecule has 3 unspecified atom stereocenters. The highest BCUT2D eigenvalue weighted by Gasteiger charge is 2.25. The maximum absolute atomic E-state index is 4.19. The summed E-state index contributed by atoms with van der Waals surface area (Å²) in [7, 11) is 0. The molecule has 1 fully saturated rings. The van der Waals surface area contributed by atoms with E-state index in [0.717, 1.165) is 28.4 Å². The van der Waals surface area contributed by atoms with Gasteiger partial charge in [-0.05, 0) is 37.5 Å². The highest BCUT2D eigenvalue weighted by Crippen LogP contribution is 2.31. The number of anilines is 1. The molecule has 2 rings (SSSR count). The molecular weight excluding hydrogens is 218 g/mol. The van der Waals surface area contributed by atoms with Crippen molar-refractivity contribution >= 4 is 16.5 Å². The molecule has 1 N–H and O–H groups in total. The van der Waals surface area contributed by atoms with E-state index >= 15 is 0 Å². The number of hydrogen-bond acceptors (Lipinski definition) is 4. The minimum atomic E-state index is 0.592. The van der Waals surface area contributed by atoms with Gasteiger partial charge in [0.25, 0.3) is 0 Å². The van der Waals surface area contributed by atoms with Crippen LogP contribution in [0.5, 0.6) is 0 Å². The van der Waals surface area contributed by atoms with Gasteiger partial charge >= 0.3 is 0 Å². The molecule has 0 bridgehead atoms. The van der Waals surface area contributed by atoms with Gasteiger partial charge in [0.15, 0.2) is 0 Å². The van der Waals surface area contributed by atoms with E-state index in [-0.39, 0.29) is 0 Å². The zero-order valence-electron chi connectivity index (χ0n) is 10.4. The van der Waals surface area contributed by atoms with Crippen LogP contribution in [0.3, 0.4) is 0 Å². The topological polar surface area (TPSA) is 37.8 Å². The van der Waals surface area contributed by atoms with Gasteiger partial charge in [0, 0.05) is 6.04 Å². The van der Waals surface area contributed by atoms with E-state index in [1.165, 1.54) is 19.3 Å². The molecule has 3 nitrogen and oxygen atoms in total. The molecule has 1 aromatic rings. The van der Waals surface area contributed by atoms with Crippen LogP contribution >= 0.6 is 11.3 Å². The number of nitrogens with one attached hydrogen (secondary N) is 1. The second-order valence-electron chi connectivity index (χ2n) is 5.00. The molecule has 0 radical (unpaired) electrons. The first kappa shape index (κ1) is 11.8. The second-order valence-corrected chi connectivity index (χ2v) is 6.06. The predicted molar refractivity (Wildman–Crippen MR) is 68.9 cm³/mol. The van der Waals surface area contributed by atoms with E-state index in [2.05, 4.69) is 36.3 Å². The van der Waals surface area contributed by atoms with Crippen LogP contribution in [0.1, 0.15) is 45.0 Å². The summed E-state index contributed by atoms with van der Waals surface area (Å²) in [5, 5.41) is 14.0. The lowest BCUT2D eigenvalue weighted by Gasteiger charge is -2.32. The Hall–Kier alpha value is -0.640. The minimum Gasteiger partial charge on any atom is -0.357 e. The van der Waals surface area contributed by atoms with Gasteiger partial charge in [-0.15, -0.1) is 10.2 Å². The van der Waals surface area contributed by atoms with Crippen LogP contribution in [-0.2, 0) is 6.42 Å². The molecule has 3 atom stereocenters. The zero-order valence-corrected chi connectivity index (χ0v) is 11.2. The Balaban J connectivity index is 1.93. The Morgan fingerprint density at radius 1 is 1.31 bits per heavy atom. The molecule has 1 aliphatic rings. The van der Waals surface area contributed by atoms with Crippen LogP contribution in [0.15, 0.2) is 0 Å². The Bertz CT molecular complexity index is 337. The monoisotopic (exact) mass is 239 g/mol. The number of hydrogen-bond donors (Lipinski definition) is 1. The molecule has 90 valence electrons. The smallest absolute Gasteiger partial charge is 0.205 e. The molecule has 4 heteroatoms. The van der Waals surface area contributed by atoms with Crippen molar-refractivity contribution in [3.8, 4) is 0 Å². The van der Waals surface area contributed by atoms with Crippen LogP contribution in [-0.4, -0.2) is 16.2 Å². The van der Waals surface area contributed by atoms with E-state index in [1.54, 1.807) is 11.3 Å². The Labute approximate surface area is 102 Å². The Morgan fingerprint density at radius 3 is 2.75 bits per heavy atom. The standard InChI is InChI=1S/C12H21N3S/c1-4-11-14-15-12(16-11)13-10-6-5-8(2)7-9(10)3/h8-10H,4-7H2,1-3H3,(H,13,15). The summed E-state index contributed by atoms with van der Waals surface area (Å²) in [6.07, 6.45) is 4.92. The highest BCUT2D eigenvalue weighted by atomic mass is 32.1. The summed E-state index contributed by atoms with van der Waals surface area (Å²) < 4.78 is 0. The Morgan fingerprint density at radius 2 is 2.12 bits per heavy atom. The molecule has 1 aliphatic carbocycles. The van der Waals surface area contributed by atoms with Crippen molar-refractivity contribution in [1.29, 1.82) is 0 Å². The van der Waals surface area contributed by atoms with Crippen molar-refractivity contribution in [2.75, 3.05) is 5.32 Å². The predicted octanol–water partition coefficient (Wildman–Crippen LogP) is 3.34. The second kappa shape index (κ2) is 5.13. The van der Waals surface area contributed by atoms with Gasteiger partial charge < -0.3 is 5.32 Å². The first-order chi connectivity index (χ1) is 7.69. The van der Waals surface area contributed by atoms with Gasteiger partial charge in [-0.25, -0.2) is 0 Å². The van der Waals surface area contributed by atoms with Gasteiger partial charge in [-0.3, -0.25) is 0 Å². The molecule has 1 aromatic heterocycles. The van der Waals surface area contributed by atoms with Crippen LogP contribution < -0.4 is 5.32 Å². The molecule has 0 aliphatic heterocycles. The molecule has 0 amide bonds. The largest absolute Gasteiger partial charge is 0.357 e. The number of nitrogens with zero attached hydrogens (tertiary/aromatic N) is 2. The van der Waals surface area contributed by atoms with E-state index in [9.17, 15) is 0 Å². The van der Waals surface area contributed by atoms with Crippen molar-refractivity contribution in [1.82, 2.24) is 10.2 Å². The quantitative estimate of drug-likeness (QED) is 0.879. The van der Waals surface area contributed by atoms with Crippen LogP contribution in [0.4, 0.5) is 5.13 Å². The number of aryl methyl sites for hydroxylation is 1. The molecular formula is C12H21N3S. The third-order valence-corrected chi connectivity index (χ3v) is 4.51. The van der Waals surface area contributed by atoms with E-state index in [4.69, 9.17) is 0 Å². The van der Waals surface area contributed by atoms with Gasteiger partial charge in [-0.2, -0.15) is 0 Å². The van der Waals surface area contributed by atoms with Gasteiger partial charge in [0.2, 0.25) is 5.13 Å². The van der Waals surface area contributed by atoms with Crippen LogP contribution in [0.2, 0.25) is 0 Å². The molecule has 16 heavy (non-hydrogen) atoms. The van der Waals surface area contributed by atoms with E-state index in [0.29, 0.717) is 6.04 Å². The molecule has 0 spiro atoms. The maximum atomic E-state index is 4.19. The fourth-order valence-corrected chi connectivity index (χ4v) is 3.23. The summed E-state index contributed by atoms with van der Waals surface area (Å²) in [6, 6.07) is 0.592. The van der Waals surface area contributed by atoms with E-state index in [1.807, 2.05) is 0 Å². The fraction of sp³-hybridized carbons (Fsp3) is 0.833. The maximum Gasteiger partial charge on any atom is 0.205 e. The fourth-order valence-electron chi connectivity index (χ4n) is 2.49. The summed E-state index contributed by atoms with van der Waals surface area (Å²) in [4.78, 5) is 0. The summed E-state index contributed by atoms with van der Waals surface area (Å²) in [5.41, 5.74) is 0. The van der Waals surface area contributed by atoms with Gasteiger partial charge in [0.1, 0.15) is 5.01 Å². The molecule has 1 heterocycles. The molecule has 1 saturated carbocycles. The van der Waals surface area contributed by atoms with Crippen molar-refractivity contribution in [3.63, 3.8) is 0 Å². The first-order valence-corrected chi connectivity index (χ1v) is 7.09. The van der Waals surface area contributed by atoms with Gasteiger partial charge in [0.05, 0.1) is 0 Å². The lowest BCUT2D eigenvalue weighted by Crippen LogP contribution is -2.32. The summed E-state index contributed by atoms with van der Waals surface area (Å²) in [5.74, 6) is 1.63. The van der Waals surface area contributed by atoms with Crippen molar-refractivity contribution in [2.24, 2.45) is 11.8 Å². The summed E-state index contributed by atoms with van der Waals surface area (Å²) >= 11 is 1.70. The minimum absolute atomic E-state index is 0.592. The average molecular weight is 239 g/mol.